The van der Waals surface area contributed by atoms with E-state index >= 15 is 4.39 Å². The summed E-state index contributed by atoms with van der Waals surface area (Å²) in [4.78, 5) is 21.5. The predicted molar refractivity (Wildman–Crippen MR) is 135 cm³/mol. The van der Waals surface area contributed by atoms with Crippen LogP contribution in [0.15, 0.2) is 60.7 Å². The predicted octanol–water partition coefficient (Wildman–Crippen LogP) is 6.94. The van der Waals surface area contributed by atoms with Gasteiger partial charge in [-0.3, -0.25) is 4.57 Å². The Morgan fingerprint density at radius 1 is 0.949 bits per heavy atom. The Hall–Kier alpha value is -4.87. The van der Waals surface area contributed by atoms with Crippen LogP contribution in [0.25, 0.3) is 21.8 Å². The Morgan fingerprint density at radius 2 is 1.72 bits per heavy atom. The first-order valence-electron chi connectivity index (χ1n) is 11.5. The van der Waals surface area contributed by atoms with Gasteiger partial charge in [0.2, 0.25) is 5.88 Å². The number of halogens is 4. The maximum absolute atomic E-state index is 15.7. The van der Waals surface area contributed by atoms with Crippen molar-refractivity contribution in [1.82, 2.24) is 14.5 Å². The molecule has 0 unspecified atom stereocenters. The van der Waals surface area contributed by atoms with E-state index in [4.69, 9.17) is 14.2 Å². The number of nitrogens with one attached hydrogen (secondary N) is 1. The summed E-state index contributed by atoms with van der Waals surface area (Å²) in [5, 5.41) is 2.89. The number of aromatic nitrogens is 3. The van der Waals surface area contributed by atoms with Crippen molar-refractivity contribution in [1.29, 1.82) is 0 Å². The highest BCUT2D eigenvalue weighted by Gasteiger charge is 2.30. The van der Waals surface area contributed by atoms with Crippen molar-refractivity contribution in [3.63, 3.8) is 0 Å². The van der Waals surface area contributed by atoms with E-state index in [2.05, 4.69) is 15.3 Å². The number of ether oxygens (including phenoxy) is 3. The molecule has 0 atom stereocenters. The quantitative estimate of drug-likeness (QED) is 0.243. The average Bonchev–Trinajstić information content (AvgIpc) is 3.26. The van der Waals surface area contributed by atoms with Gasteiger partial charge in [0.1, 0.15) is 11.1 Å². The zero-order chi connectivity index (χ0) is 27.9. The molecule has 0 aliphatic heterocycles. The highest BCUT2D eigenvalue weighted by molar-refractivity contribution is 6.00. The van der Waals surface area contributed by atoms with E-state index in [9.17, 15) is 18.0 Å². The van der Waals surface area contributed by atoms with Crippen molar-refractivity contribution < 1.29 is 36.6 Å². The summed E-state index contributed by atoms with van der Waals surface area (Å²) >= 11 is 0. The molecule has 0 fully saturated rings. The van der Waals surface area contributed by atoms with E-state index in [0.717, 1.165) is 16.7 Å². The molecule has 0 bridgehead atoms. The first-order valence-corrected chi connectivity index (χ1v) is 11.5. The van der Waals surface area contributed by atoms with Crippen LogP contribution in [0.5, 0.6) is 23.4 Å². The van der Waals surface area contributed by atoms with Gasteiger partial charge >= 0.3 is 18.2 Å². The minimum absolute atomic E-state index is 0.000463. The van der Waals surface area contributed by atoms with Gasteiger partial charge in [0, 0.05) is 16.8 Å². The Balaban J connectivity index is 1.52. The number of aryl methyl sites for hydroxylation is 1. The molecule has 5 rings (SSSR count). The number of alkyl halides is 3. The molecular weight excluding hydrogens is 520 g/mol. The van der Waals surface area contributed by atoms with Gasteiger partial charge in [0.05, 0.1) is 30.8 Å². The van der Waals surface area contributed by atoms with Crippen molar-refractivity contribution in [2.24, 2.45) is 0 Å². The Kier molecular flexibility index (Phi) is 6.46. The Morgan fingerprint density at radius 3 is 2.44 bits per heavy atom. The van der Waals surface area contributed by atoms with Crippen LogP contribution in [0.3, 0.4) is 0 Å². The minimum atomic E-state index is -4.57. The van der Waals surface area contributed by atoms with Gasteiger partial charge in [-0.2, -0.15) is 23.1 Å². The van der Waals surface area contributed by atoms with Crippen molar-refractivity contribution in [2.45, 2.75) is 13.1 Å². The average molecular weight is 540 g/mol. The fraction of sp³-hybridized carbons (Fsp3) is 0.148. The summed E-state index contributed by atoms with van der Waals surface area (Å²) in [6, 6.07) is 12.8. The second-order valence-electron chi connectivity index (χ2n) is 8.41. The first kappa shape index (κ1) is 25.8. The fourth-order valence-electron chi connectivity index (χ4n) is 4.20. The molecule has 8 nitrogen and oxygen atoms in total. The van der Waals surface area contributed by atoms with Crippen molar-refractivity contribution >= 4 is 33.5 Å². The summed E-state index contributed by atoms with van der Waals surface area (Å²) in [5.74, 6) is -0.571. The Bertz CT molecular complexity index is 1730. The van der Waals surface area contributed by atoms with Gasteiger partial charge in [0.25, 0.3) is 0 Å². The third-order valence-corrected chi connectivity index (χ3v) is 5.95. The van der Waals surface area contributed by atoms with Crippen molar-refractivity contribution in [2.75, 3.05) is 19.5 Å². The van der Waals surface area contributed by atoms with Gasteiger partial charge in [-0.15, -0.1) is 0 Å². The molecule has 1 N–H and O–H groups in total. The lowest BCUT2D eigenvalue weighted by atomic mass is 10.2. The van der Waals surface area contributed by atoms with Gasteiger partial charge < -0.3 is 19.5 Å². The van der Waals surface area contributed by atoms with Gasteiger partial charge in [-0.1, -0.05) is 12.1 Å². The van der Waals surface area contributed by atoms with E-state index in [-0.39, 0.29) is 34.2 Å². The van der Waals surface area contributed by atoms with Gasteiger partial charge in [-0.05, 0) is 55.5 Å². The zero-order valence-corrected chi connectivity index (χ0v) is 20.8. The molecule has 0 saturated carbocycles. The Labute approximate surface area is 218 Å². The molecule has 1 amide bonds. The second kappa shape index (κ2) is 9.78. The van der Waals surface area contributed by atoms with E-state index in [1.54, 1.807) is 25.1 Å². The largest absolute Gasteiger partial charge is 0.496 e. The smallest absolute Gasteiger partial charge is 0.416 e. The molecule has 200 valence electrons. The molecular formula is C27H20F4N4O4. The maximum Gasteiger partial charge on any atom is 0.416 e. The van der Waals surface area contributed by atoms with Crippen LogP contribution in [0.2, 0.25) is 0 Å². The highest BCUT2D eigenvalue weighted by atomic mass is 19.4. The fourth-order valence-corrected chi connectivity index (χ4v) is 4.20. The monoisotopic (exact) mass is 540 g/mol. The molecule has 2 aromatic heterocycles. The number of rotatable bonds is 5. The number of nitrogens with zero attached hydrogens (tertiary/aromatic N) is 3. The van der Waals surface area contributed by atoms with Crippen LogP contribution >= 0.6 is 0 Å². The third kappa shape index (κ3) is 4.76. The van der Waals surface area contributed by atoms with E-state index in [1.165, 1.54) is 44.6 Å². The maximum atomic E-state index is 15.7. The summed E-state index contributed by atoms with van der Waals surface area (Å²) < 4.78 is 72.5. The molecule has 2 heterocycles. The molecule has 0 aliphatic rings. The topological polar surface area (TPSA) is 87.5 Å². The lowest BCUT2D eigenvalue weighted by Gasteiger charge is -2.13. The number of fused-ring (bicyclic) bond motifs is 2. The normalized spacial score (nSPS) is 11.6. The van der Waals surface area contributed by atoms with Crippen LogP contribution in [0, 0.1) is 12.7 Å². The van der Waals surface area contributed by atoms with Gasteiger partial charge in [-0.25, -0.2) is 9.18 Å². The SMILES string of the molecule is COc1nc(Oc2ccc3c(cc(C)n3C(=O)Nc3cccc(C(F)(F)F)c3)c2F)c2c(OC)cccc2n1. The second-order valence-corrected chi connectivity index (χ2v) is 8.41. The molecule has 0 saturated heterocycles. The van der Waals surface area contributed by atoms with E-state index in [1.807, 2.05) is 0 Å². The van der Waals surface area contributed by atoms with Crippen LogP contribution in [-0.4, -0.2) is 34.8 Å². The number of methoxy groups -OCH3 is 2. The number of benzene rings is 3. The lowest BCUT2D eigenvalue weighted by molar-refractivity contribution is -0.137. The summed E-state index contributed by atoms with van der Waals surface area (Å²) in [6.07, 6.45) is -4.57. The standard InChI is InChI=1S/C27H20F4N4O4/c1-14-12-17-19(35(14)26(36)32-16-7-4-6-15(13-16)27(29,30)31)10-11-21(23(17)28)39-24-22-18(33-25(34-24)38-3)8-5-9-20(22)37-2/h4-13H,1-3H3,(H,32,36). The number of carbonyl (C=O) groups excluding carboxylic acids is 1. The van der Waals surface area contributed by atoms with Crippen LogP contribution < -0.4 is 19.5 Å². The minimum Gasteiger partial charge on any atom is -0.496 e. The highest BCUT2D eigenvalue weighted by Crippen LogP contribution is 2.38. The summed E-state index contributed by atoms with van der Waals surface area (Å²) in [6.45, 7) is 1.57. The number of hydrogen-bond acceptors (Lipinski definition) is 6. The van der Waals surface area contributed by atoms with E-state index in [0.29, 0.717) is 22.3 Å². The molecule has 3 aromatic carbocycles. The van der Waals surface area contributed by atoms with Crippen LogP contribution in [0.1, 0.15) is 11.3 Å². The number of amides is 1. The molecule has 12 heteroatoms. The number of hydrogen-bond donors (Lipinski definition) is 1. The lowest BCUT2D eigenvalue weighted by Crippen LogP contribution is -2.20. The summed E-state index contributed by atoms with van der Waals surface area (Å²) in [7, 11) is 2.85. The van der Waals surface area contributed by atoms with Crippen molar-refractivity contribution in [3.05, 3.63) is 77.7 Å². The molecule has 39 heavy (non-hydrogen) atoms. The molecule has 5 aromatic rings. The van der Waals surface area contributed by atoms with Crippen LogP contribution in [0.4, 0.5) is 28.0 Å². The number of anilines is 1. The summed E-state index contributed by atoms with van der Waals surface area (Å²) in [5.41, 5.74) is 0.0135. The van der Waals surface area contributed by atoms with Crippen molar-refractivity contribution in [3.8, 4) is 23.4 Å². The van der Waals surface area contributed by atoms with Gasteiger partial charge in [0.15, 0.2) is 11.6 Å². The first-order chi connectivity index (χ1) is 18.6. The zero-order valence-electron chi connectivity index (χ0n) is 20.8. The molecule has 0 spiro atoms. The van der Waals surface area contributed by atoms with Crippen LogP contribution in [-0.2, 0) is 6.18 Å². The van der Waals surface area contributed by atoms with E-state index < -0.39 is 23.6 Å². The molecule has 0 aliphatic carbocycles. The molecule has 0 radical (unpaired) electrons. The third-order valence-electron chi connectivity index (χ3n) is 5.95. The number of carbonyl (C=O) groups is 1.